The molecule has 0 atom stereocenters. The number of hydrogen-bond acceptors (Lipinski definition) is 6. The van der Waals surface area contributed by atoms with E-state index in [2.05, 4.69) is 15.5 Å². The summed E-state index contributed by atoms with van der Waals surface area (Å²) < 4.78 is 10.7. The summed E-state index contributed by atoms with van der Waals surface area (Å²) in [5.74, 6) is -0.454. The number of carbonyl (C=O) groups excluding carboxylic acids is 2. The number of hydrogen-bond donors (Lipinski definition) is 1. The van der Waals surface area contributed by atoms with Crippen LogP contribution in [0.5, 0.6) is 11.5 Å². The van der Waals surface area contributed by atoms with E-state index in [4.69, 9.17) is 32.7 Å². The lowest BCUT2D eigenvalue weighted by atomic mass is 10.2. The van der Waals surface area contributed by atoms with E-state index in [1.54, 1.807) is 30.3 Å². The maximum Gasteiger partial charge on any atom is 0.343 e. The van der Waals surface area contributed by atoms with Crippen molar-refractivity contribution in [2.45, 2.75) is 0 Å². The van der Waals surface area contributed by atoms with Crippen molar-refractivity contribution in [2.24, 2.45) is 5.10 Å². The summed E-state index contributed by atoms with van der Waals surface area (Å²) in [6, 6.07) is 12.4. The second-order valence-corrected chi connectivity index (χ2v) is 6.68. The summed E-state index contributed by atoms with van der Waals surface area (Å²) in [6.07, 6.45) is 4.47. The largest absolute Gasteiger partial charge is 0.493 e. The zero-order valence-corrected chi connectivity index (χ0v) is 17.1. The van der Waals surface area contributed by atoms with E-state index in [1.807, 2.05) is 0 Å². The van der Waals surface area contributed by atoms with E-state index in [-0.39, 0.29) is 22.2 Å². The third-order valence-electron chi connectivity index (χ3n) is 3.87. The molecule has 0 fully saturated rings. The molecule has 0 radical (unpaired) electrons. The van der Waals surface area contributed by atoms with Gasteiger partial charge in [0, 0.05) is 18.0 Å². The van der Waals surface area contributed by atoms with Gasteiger partial charge in [-0.25, -0.2) is 10.2 Å². The molecule has 3 rings (SSSR count). The summed E-state index contributed by atoms with van der Waals surface area (Å²) in [6.45, 7) is 0. The van der Waals surface area contributed by atoms with Crippen LogP contribution >= 0.6 is 23.2 Å². The minimum atomic E-state index is -0.613. The van der Waals surface area contributed by atoms with Crippen LogP contribution in [0.3, 0.4) is 0 Å². The van der Waals surface area contributed by atoms with Crippen molar-refractivity contribution >= 4 is 41.3 Å². The second kappa shape index (κ2) is 9.87. The molecule has 0 saturated heterocycles. The second-order valence-electron chi connectivity index (χ2n) is 5.86. The van der Waals surface area contributed by atoms with Crippen molar-refractivity contribution in [1.29, 1.82) is 0 Å². The van der Waals surface area contributed by atoms with Crippen molar-refractivity contribution in [3.8, 4) is 11.5 Å². The number of amides is 1. The maximum absolute atomic E-state index is 12.4. The minimum Gasteiger partial charge on any atom is -0.493 e. The first-order valence-electron chi connectivity index (χ1n) is 8.56. The Morgan fingerprint density at radius 1 is 0.967 bits per heavy atom. The van der Waals surface area contributed by atoms with Gasteiger partial charge in [-0.05, 0) is 54.1 Å². The molecule has 1 N–H and O–H groups in total. The number of esters is 1. The Morgan fingerprint density at radius 3 is 2.43 bits per heavy atom. The van der Waals surface area contributed by atoms with Crippen molar-refractivity contribution in [3.63, 3.8) is 0 Å². The lowest BCUT2D eigenvalue weighted by Crippen LogP contribution is -2.17. The van der Waals surface area contributed by atoms with Crippen LogP contribution in [0.2, 0.25) is 10.0 Å². The number of aromatic nitrogens is 1. The number of nitrogens with zero attached hydrogens (tertiary/aromatic N) is 2. The number of pyridine rings is 1. The number of nitrogens with one attached hydrogen (secondary N) is 1. The Bertz CT molecular complexity index is 1100. The summed E-state index contributed by atoms with van der Waals surface area (Å²) in [5.41, 5.74) is 3.72. The van der Waals surface area contributed by atoms with E-state index >= 15 is 0 Å². The first-order valence-corrected chi connectivity index (χ1v) is 9.32. The fourth-order valence-corrected chi connectivity index (χ4v) is 2.66. The van der Waals surface area contributed by atoms with Crippen molar-refractivity contribution in [3.05, 3.63) is 87.7 Å². The van der Waals surface area contributed by atoms with Crippen molar-refractivity contribution in [1.82, 2.24) is 10.4 Å². The Labute approximate surface area is 182 Å². The van der Waals surface area contributed by atoms with E-state index in [0.29, 0.717) is 21.9 Å². The lowest BCUT2D eigenvalue weighted by molar-refractivity contribution is 0.0729. The average molecular weight is 444 g/mol. The molecule has 0 saturated carbocycles. The molecule has 152 valence electrons. The molecule has 1 aromatic heterocycles. The molecule has 0 aliphatic heterocycles. The number of rotatable bonds is 6. The van der Waals surface area contributed by atoms with E-state index in [0.717, 1.165) is 0 Å². The van der Waals surface area contributed by atoms with Gasteiger partial charge in [-0.2, -0.15) is 5.10 Å². The number of methoxy groups -OCH3 is 1. The van der Waals surface area contributed by atoms with E-state index in [9.17, 15) is 9.59 Å². The van der Waals surface area contributed by atoms with Gasteiger partial charge < -0.3 is 9.47 Å². The number of carbonyl (C=O) groups is 2. The Balaban J connectivity index is 1.69. The van der Waals surface area contributed by atoms with Gasteiger partial charge in [-0.1, -0.05) is 23.2 Å². The molecule has 0 aliphatic carbocycles. The molecule has 1 amide bonds. The molecule has 0 aliphatic rings. The van der Waals surface area contributed by atoms with Gasteiger partial charge in [0.2, 0.25) is 0 Å². The summed E-state index contributed by atoms with van der Waals surface area (Å²) >= 11 is 11.8. The van der Waals surface area contributed by atoms with Gasteiger partial charge in [-0.3, -0.25) is 9.78 Å². The van der Waals surface area contributed by atoms with E-state index in [1.165, 1.54) is 43.9 Å². The highest BCUT2D eigenvalue weighted by atomic mass is 35.5. The Morgan fingerprint density at radius 2 is 1.73 bits per heavy atom. The SMILES string of the molecule is COc1cc(/C=N/NC(=O)c2ccncc2)ccc1OC(=O)c1ccc(Cl)c(Cl)c1. The highest BCUT2D eigenvalue weighted by Gasteiger charge is 2.14. The zero-order valence-electron chi connectivity index (χ0n) is 15.6. The molecule has 30 heavy (non-hydrogen) atoms. The molecule has 0 unspecified atom stereocenters. The molecule has 7 nitrogen and oxygen atoms in total. The topological polar surface area (TPSA) is 89.9 Å². The lowest BCUT2D eigenvalue weighted by Gasteiger charge is -2.10. The van der Waals surface area contributed by atoms with Gasteiger partial charge in [0.25, 0.3) is 5.91 Å². The smallest absolute Gasteiger partial charge is 0.343 e. The van der Waals surface area contributed by atoms with Crippen LogP contribution in [0.25, 0.3) is 0 Å². The Kier molecular flexibility index (Phi) is 7.00. The summed E-state index contributed by atoms with van der Waals surface area (Å²) in [4.78, 5) is 28.2. The molecule has 3 aromatic rings. The maximum atomic E-state index is 12.4. The molecular formula is C21H15Cl2N3O4. The van der Waals surface area contributed by atoms with Crippen LogP contribution in [0.1, 0.15) is 26.3 Å². The van der Waals surface area contributed by atoms with Crippen LogP contribution in [-0.4, -0.2) is 30.2 Å². The summed E-state index contributed by atoms with van der Waals surface area (Å²) in [7, 11) is 1.44. The molecule has 2 aromatic carbocycles. The molecule has 1 heterocycles. The van der Waals surface area contributed by atoms with Gasteiger partial charge >= 0.3 is 5.97 Å². The number of benzene rings is 2. The molecule has 0 spiro atoms. The van der Waals surface area contributed by atoms with Crippen molar-refractivity contribution in [2.75, 3.05) is 7.11 Å². The zero-order chi connectivity index (χ0) is 21.5. The average Bonchev–Trinajstić information content (AvgIpc) is 2.77. The number of hydrazone groups is 1. The molecule has 0 bridgehead atoms. The third kappa shape index (κ3) is 5.34. The van der Waals surface area contributed by atoms with Crippen LogP contribution in [0.15, 0.2) is 66.0 Å². The first kappa shape index (κ1) is 21.3. The number of halogens is 2. The van der Waals surface area contributed by atoms with Gasteiger partial charge in [0.1, 0.15) is 0 Å². The standard InChI is InChI=1S/C21H15Cl2N3O4/c1-29-19-10-13(12-25-26-20(27)14-6-8-24-9-7-14)2-5-18(19)30-21(28)15-3-4-16(22)17(23)11-15/h2-12H,1H3,(H,26,27)/b25-12+. The van der Waals surface area contributed by atoms with Crippen LogP contribution in [-0.2, 0) is 0 Å². The quantitative estimate of drug-likeness (QED) is 0.264. The van der Waals surface area contributed by atoms with Gasteiger partial charge in [0.15, 0.2) is 11.5 Å². The predicted octanol–water partition coefficient (Wildman–Crippen LogP) is 4.38. The minimum absolute atomic E-state index is 0.214. The fraction of sp³-hybridized carbons (Fsp3) is 0.0476. The van der Waals surface area contributed by atoms with Crippen LogP contribution in [0.4, 0.5) is 0 Å². The Hall–Kier alpha value is -3.42. The fourth-order valence-electron chi connectivity index (χ4n) is 2.36. The van der Waals surface area contributed by atoms with E-state index < -0.39 is 5.97 Å². The van der Waals surface area contributed by atoms with Gasteiger partial charge in [0.05, 0.1) is 28.9 Å². The van der Waals surface area contributed by atoms with Gasteiger partial charge in [-0.15, -0.1) is 0 Å². The highest BCUT2D eigenvalue weighted by Crippen LogP contribution is 2.29. The monoisotopic (exact) mass is 443 g/mol. The van der Waals surface area contributed by atoms with Crippen LogP contribution in [0, 0.1) is 0 Å². The highest BCUT2D eigenvalue weighted by molar-refractivity contribution is 6.42. The molecule has 9 heteroatoms. The predicted molar refractivity (Wildman–Crippen MR) is 114 cm³/mol. The molecular weight excluding hydrogens is 429 g/mol. The number of ether oxygens (including phenoxy) is 2. The normalized spacial score (nSPS) is 10.6. The van der Waals surface area contributed by atoms with Crippen molar-refractivity contribution < 1.29 is 19.1 Å². The summed E-state index contributed by atoms with van der Waals surface area (Å²) in [5, 5.41) is 4.50. The third-order valence-corrected chi connectivity index (χ3v) is 4.61. The first-order chi connectivity index (χ1) is 14.5. The van der Waals surface area contributed by atoms with Crippen LogP contribution < -0.4 is 14.9 Å².